The van der Waals surface area contributed by atoms with E-state index in [2.05, 4.69) is 4.98 Å². The van der Waals surface area contributed by atoms with Crippen molar-refractivity contribution in [3.8, 4) is 21.8 Å². The van der Waals surface area contributed by atoms with Crippen molar-refractivity contribution in [1.82, 2.24) is 4.98 Å². The number of hydrogen-bond donors (Lipinski definition) is 0. The zero-order valence-electron chi connectivity index (χ0n) is 12.1. The van der Waals surface area contributed by atoms with Gasteiger partial charge in [0.05, 0.1) is 10.7 Å². The molecule has 0 saturated heterocycles. The molecular weight excluding hydrogens is 356 g/mol. The second kappa shape index (κ2) is 6.67. The molecule has 0 unspecified atom stereocenters. The first-order chi connectivity index (χ1) is 11.4. The van der Waals surface area contributed by atoms with Crippen molar-refractivity contribution in [1.29, 1.82) is 0 Å². The molecule has 122 valence electrons. The number of carbonyl (C=O) groups is 1. The molecule has 3 nitrogen and oxygen atoms in total. The molecule has 24 heavy (non-hydrogen) atoms. The number of halogens is 3. The van der Waals surface area contributed by atoms with Gasteiger partial charge in [-0.25, -0.2) is 13.8 Å². The highest BCUT2D eigenvalue weighted by Gasteiger charge is 2.16. The second-order valence-electron chi connectivity index (χ2n) is 4.98. The molecule has 0 saturated carbocycles. The Kier molecular flexibility index (Phi) is 4.59. The van der Waals surface area contributed by atoms with Crippen LogP contribution in [-0.4, -0.2) is 11.0 Å². The molecule has 0 aliphatic carbocycles. The van der Waals surface area contributed by atoms with E-state index in [1.165, 1.54) is 24.3 Å². The summed E-state index contributed by atoms with van der Waals surface area (Å²) in [5.41, 5.74) is 1.40. The molecule has 0 atom stereocenters. The Morgan fingerprint density at radius 3 is 2.42 bits per heavy atom. The van der Waals surface area contributed by atoms with E-state index in [1.54, 1.807) is 18.2 Å². The van der Waals surface area contributed by atoms with Gasteiger partial charge in [-0.2, -0.15) is 0 Å². The van der Waals surface area contributed by atoms with Gasteiger partial charge in [-0.3, -0.25) is 0 Å². The van der Waals surface area contributed by atoms with Gasteiger partial charge in [0.1, 0.15) is 16.6 Å². The summed E-state index contributed by atoms with van der Waals surface area (Å²) in [4.78, 5) is 15.8. The fourth-order valence-corrected chi connectivity index (χ4v) is 3.38. The lowest BCUT2D eigenvalue weighted by Crippen LogP contribution is -2.24. The number of nitrogens with zero attached hydrogens (tertiary/aromatic N) is 1. The molecule has 0 spiro atoms. The Balaban J connectivity index is 2.11. The minimum absolute atomic E-state index is 0.0332. The van der Waals surface area contributed by atoms with E-state index in [-0.39, 0.29) is 17.3 Å². The normalized spacial score (nSPS) is 10.8. The molecule has 0 fully saturated rings. The van der Waals surface area contributed by atoms with Crippen LogP contribution in [0.5, 0.6) is 0 Å². The molecule has 1 aromatic heterocycles. The summed E-state index contributed by atoms with van der Waals surface area (Å²) >= 11 is 6.82. The zero-order valence-corrected chi connectivity index (χ0v) is 13.6. The van der Waals surface area contributed by atoms with Crippen LogP contribution in [0.1, 0.15) is 4.88 Å². The van der Waals surface area contributed by atoms with Gasteiger partial charge in [0.25, 0.3) is 0 Å². The summed E-state index contributed by atoms with van der Waals surface area (Å²) in [6, 6.07) is 9.81. The van der Waals surface area contributed by atoms with Gasteiger partial charge in [0.15, 0.2) is 0 Å². The fraction of sp³-hybridized carbons (Fsp3) is 0.0588. The average molecular weight is 365 g/mol. The largest absolute Gasteiger partial charge is 0.550 e. The lowest BCUT2D eigenvalue weighted by Gasteiger charge is -2.04. The first-order valence-corrected chi connectivity index (χ1v) is 8.04. The van der Waals surface area contributed by atoms with Crippen LogP contribution in [0.3, 0.4) is 0 Å². The molecule has 7 heteroatoms. The van der Waals surface area contributed by atoms with Gasteiger partial charge in [0.2, 0.25) is 0 Å². The molecular formula is C17H9ClF2NO2S-. The van der Waals surface area contributed by atoms with Crippen molar-refractivity contribution < 1.29 is 18.7 Å². The smallest absolute Gasteiger partial charge is 0.142 e. The topological polar surface area (TPSA) is 53.0 Å². The third kappa shape index (κ3) is 3.44. The van der Waals surface area contributed by atoms with Crippen LogP contribution in [0.15, 0.2) is 42.5 Å². The summed E-state index contributed by atoms with van der Waals surface area (Å²) in [5, 5.41) is 11.5. The Labute approximate surface area is 145 Å². The third-order valence-electron chi connectivity index (χ3n) is 3.29. The first-order valence-electron chi connectivity index (χ1n) is 6.85. The predicted molar refractivity (Wildman–Crippen MR) is 86.6 cm³/mol. The van der Waals surface area contributed by atoms with Crippen molar-refractivity contribution in [3.63, 3.8) is 0 Å². The van der Waals surface area contributed by atoms with Crippen molar-refractivity contribution in [2.75, 3.05) is 0 Å². The molecule has 0 amide bonds. The van der Waals surface area contributed by atoms with E-state index >= 15 is 0 Å². The number of rotatable bonds is 4. The SMILES string of the molecule is O=C([O-])Cc1sc(-c2ccc(F)cc2)nc1-c1ccc(Cl)c(F)c1. The predicted octanol–water partition coefficient (Wildman–Crippen LogP) is 3.70. The summed E-state index contributed by atoms with van der Waals surface area (Å²) in [6.07, 6.45) is -0.349. The lowest BCUT2D eigenvalue weighted by atomic mass is 10.1. The van der Waals surface area contributed by atoms with E-state index in [9.17, 15) is 18.7 Å². The summed E-state index contributed by atoms with van der Waals surface area (Å²) in [7, 11) is 0. The number of thiazole rings is 1. The van der Waals surface area contributed by atoms with Gasteiger partial charge in [-0.05, 0) is 36.4 Å². The highest BCUT2D eigenvalue weighted by atomic mass is 35.5. The third-order valence-corrected chi connectivity index (χ3v) is 4.70. The molecule has 0 radical (unpaired) electrons. The highest BCUT2D eigenvalue weighted by Crippen LogP contribution is 2.35. The van der Waals surface area contributed by atoms with Gasteiger partial charge < -0.3 is 9.90 Å². The minimum Gasteiger partial charge on any atom is -0.550 e. The Hall–Kier alpha value is -2.31. The van der Waals surface area contributed by atoms with Crippen molar-refractivity contribution in [2.24, 2.45) is 0 Å². The minimum atomic E-state index is -1.26. The maximum atomic E-state index is 13.7. The molecule has 0 aliphatic heterocycles. The summed E-state index contributed by atoms with van der Waals surface area (Å²) in [5.74, 6) is -2.27. The lowest BCUT2D eigenvalue weighted by molar-refractivity contribution is -0.304. The van der Waals surface area contributed by atoms with E-state index in [0.29, 0.717) is 26.7 Å². The van der Waals surface area contributed by atoms with E-state index < -0.39 is 11.8 Å². The van der Waals surface area contributed by atoms with Gasteiger partial charge in [-0.1, -0.05) is 17.7 Å². The van der Waals surface area contributed by atoms with Crippen LogP contribution >= 0.6 is 22.9 Å². The van der Waals surface area contributed by atoms with Crippen molar-refractivity contribution in [2.45, 2.75) is 6.42 Å². The molecule has 2 aromatic carbocycles. The quantitative estimate of drug-likeness (QED) is 0.709. The fourth-order valence-electron chi connectivity index (χ4n) is 2.19. The molecule has 1 heterocycles. The number of aromatic nitrogens is 1. The van der Waals surface area contributed by atoms with Gasteiger partial charge in [-0.15, -0.1) is 11.3 Å². The maximum Gasteiger partial charge on any atom is 0.142 e. The maximum absolute atomic E-state index is 13.7. The van der Waals surface area contributed by atoms with Crippen LogP contribution in [-0.2, 0) is 11.2 Å². The van der Waals surface area contributed by atoms with Gasteiger partial charge in [0, 0.05) is 28.4 Å². The number of carboxylic acid groups (broad SMARTS) is 1. The number of carbonyl (C=O) groups excluding carboxylic acids is 1. The number of carboxylic acids is 1. The van der Waals surface area contributed by atoms with Crippen LogP contribution in [0.2, 0.25) is 5.02 Å². The Morgan fingerprint density at radius 2 is 1.79 bits per heavy atom. The second-order valence-corrected chi connectivity index (χ2v) is 6.47. The Bertz CT molecular complexity index is 909. The Morgan fingerprint density at radius 1 is 1.12 bits per heavy atom. The van der Waals surface area contributed by atoms with Gasteiger partial charge >= 0.3 is 0 Å². The first kappa shape index (κ1) is 16.5. The number of hydrogen-bond acceptors (Lipinski definition) is 4. The number of aliphatic carboxylic acids is 1. The van der Waals surface area contributed by atoms with Crippen LogP contribution < -0.4 is 5.11 Å². The zero-order chi connectivity index (χ0) is 17.3. The van der Waals surface area contributed by atoms with Crippen LogP contribution in [0, 0.1) is 11.6 Å². The van der Waals surface area contributed by atoms with Crippen LogP contribution in [0.4, 0.5) is 8.78 Å². The van der Waals surface area contributed by atoms with E-state index in [0.717, 1.165) is 11.3 Å². The molecule has 0 aliphatic rings. The molecule has 0 bridgehead atoms. The molecule has 3 rings (SSSR count). The summed E-state index contributed by atoms with van der Waals surface area (Å²) in [6.45, 7) is 0. The summed E-state index contributed by atoms with van der Waals surface area (Å²) < 4.78 is 26.8. The average Bonchev–Trinajstić information content (AvgIpc) is 2.94. The van der Waals surface area contributed by atoms with Crippen LogP contribution in [0.25, 0.3) is 21.8 Å². The van der Waals surface area contributed by atoms with Crippen molar-refractivity contribution >= 4 is 28.9 Å². The molecule has 0 N–H and O–H groups in total. The van der Waals surface area contributed by atoms with E-state index in [1.807, 2.05) is 0 Å². The highest BCUT2D eigenvalue weighted by molar-refractivity contribution is 7.15. The van der Waals surface area contributed by atoms with E-state index in [4.69, 9.17) is 11.6 Å². The monoisotopic (exact) mass is 364 g/mol. The standard InChI is InChI=1S/C17H10ClF2NO2S/c18-12-6-3-10(7-13(12)20)16-14(8-15(22)23)24-17(21-16)9-1-4-11(19)5-2-9/h1-7H,8H2,(H,22,23)/p-1. The number of benzene rings is 2. The molecule has 3 aromatic rings. The van der Waals surface area contributed by atoms with Crippen molar-refractivity contribution in [3.05, 3.63) is 64.0 Å².